The zero-order chi connectivity index (χ0) is 9.97. The van der Waals surface area contributed by atoms with E-state index in [1.54, 1.807) is 7.11 Å². The maximum absolute atomic E-state index is 5.58. The van der Waals surface area contributed by atoms with Crippen molar-refractivity contribution in [1.29, 1.82) is 0 Å². The predicted octanol–water partition coefficient (Wildman–Crippen LogP) is 0.942. The van der Waals surface area contributed by atoms with Crippen molar-refractivity contribution in [2.45, 2.75) is 44.4 Å². The van der Waals surface area contributed by atoms with E-state index in [-0.39, 0.29) is 24.6 Å². The first-order valence-corrected chi connectivity index (χ1v) is 5.28. The van der Waals surface area contributed by atoms with Crippen LogP contribution in [-0.4, -0.2) is 44.9 Å². The summed E-state index contributed by atoms with van der Waals surface area (Å²) in [5, 5.41) is 0. The molecule has 4 atom stereocenters. The highest BCUT2D eigenvalue weighted by molar-refractivity contribution is 5.00. The monoisotopic (exact) mass is 202 g/mol. The Morgan fingerprint density at radius 2 is 2.07 bits per heavy atom. The molecular formula is C10H18O4. The molecule has 0 radical (unpaired) electrons. The van der Waals surface area contributed by atoms with Crippen molar-refractivity contribution in [2.75, 3.05) is 20.3 Å². The molecule has 2 rings (SSSR count). The van der Waals surface area contributed by atoms with E-state index in [9.17, 15) is 0 Å². The van der Waals surface area contributed by atoms with Crippen molar-refractivity contribution in [3.8, 4) is 0 Å². The number of fused-ring (bicyclic) bond motifs is 1. The number of unbranched alkanes of at least 4 members (excludes halogenated alkanes) is 1. The van der Waals surface area contributed by atoms with Crippen LogP contribution in [0.1, 0.15) is 19.8 Å². The molecule has 0 aromatic heterocycles. The first kappa shape index (κ1) is 10.4. The molecule has 0 aliphatic carbocycles. The Kier molecular flexibility index (Phi) is 3.38. The second-order valence-corrected chi connectivity index (χ2v) is 3.77. The van der Waals surface area contributed by atoms with E-state index in [2.05, 4.69) is 6.92 Å². The molecule has 0 aromatic rings. The van der Waals surface area contributed by atoms with E-state index in [0.717, 1.165) is 19.4 Å². The van der Waals surface area contributed by atoms with Crippen molar-refractivity contribution in [1.82, 2.24) is 0 Å². The first-order valence-electron chi connectivity index (χ1n) is 5.28. The quantitative estimate of drug-likeness (QED) is 0.475. The van der Waals surface area contributed by atoms with E-state index in [4.69, 9.17) is 18.9 Å². The summed E-state index contributed by atoms with van der Waals surface area (Å²) < 4.78 is 21.6. The Bertz CT molecular complexity index is 185. The topological polar surface area (TPSA) is 40.2 Å². The van der Waals surface area contributed by atoms with E-state index in [1.807, 2.05) is 0 Å². The van der Waals surface area contributed by atoms with Crippen LogP contribution in [0.4, 0.5) is 0 Å². The standard InChI is InChI=1S/C10H18O4/c1-3-4-5-12-6-7-8-9(14-8)10(11-2)13-7/h7-10H,3-6H2,1-2H3. The highest BCUT2D eigenvalue weighted by Crippen LogP contribution is 2.39. The van der Waals surface area contributed by atoms with E-state index in [0.29, 0.717) is 6.61 Å². The summed E-state index contributed by atoms with van der Waals surface area (Å²) in [4.78, 5) is 0. The van der Waals surface area contributed by atoms with Gasteiger partial charge in [-0.05, 0) is 6.42 Å². The first-order chi connectivity index (χ1) is 6.86. The van der Waals surface area contributed by atoms with Gasteiger partial charge in [-0.1, -0.05) is 13.3 Å². The summed E-state index contributed by atoms with van der Waals surface area (Å²) in [5.41, 5.74) is 0. The molecule has 2 aliphatic heterocycles. The van der Waals surface area contributed by atoms with Gasteiger partial charge in [-0.15, -0.1) is 0 Å². The molecule has 0 N–H and O–H groups in total. The van der Waals surface area contributed by atoms with Gasteiger partial charge >= 0.3 is 0 Å². The second-order valence-electron chi connectivity index (χ2n) is 3.77. The Balaban J connectivity index is 1.63. The van der Waals surface area contributed by atoms with Gasteiger partial charge in [-0.3, -0.25) is 0 Å². The molecule has 4 heteroatoms. The Morgan fingerprint density at radius 1 is 1.21 bits per heavy atom. The maximum atomic E-state index is 5.58. The minimum atomic E-state index is -0.181. The third-order valence-corrected chi connectivity index (χ3v) is 2.66. The fourth-order valence-electron chi connectivity index (χ4n) is 1.75. The van der Waals surface area contributed by atoms with Gasteiger partial charge in [0.2, 0.25) is 0 Å². The molecule has 82 valence electrons. The van der Waals surface area contributed by atoms with Crippen LogP contribution in [0, 0.1) is 0 Å². The van der Waals surface area contributed by atoms with Gasteiger partial charge in [0.25, 0.3) is 0 Å². The lowest BCUT2D eigenvalue weighted by Crippen LogP contribution is -2.25. The van der Waals surface area contributed by atoms with Crippen molar-refractivity contribution in [3.05, 3.63) is 0 Å². The van der Waals surface area contributed by atoms with Crippen molar-refractivity contribution >= 4 is 0 Å². The smallest absolute Gasteiger partial charge is 0.186 e. The van der Waals surface area contributed by atoms with Crippen LogP contribution < -0.4 is 0 Å². The number of epoxide rings is 1. The van der Waals surface area contributed by atoms with Crippen LogP contribution in [0.3, 0.4) is 0 Å². The SMILES string of the molecule is CCCCOCC1OC(OC)C2OC12. The van der Waals surface area contributed by atoms with Crippen molar-refractivity contribution in [2.24, 2.45) is 0 Å². The third-order valence-electron chi connectivity index (χ3n) is 2.66. The molecule has 2 aliphatic rings. The van der Waals surface area contributed by atoms with Gasteiger partial charge in [-0.2, -0.15) is 0 Å². The summed E-state index contributed by atoms with van der Waals surface area (Å²) in [6, 6.07) is 0. The highest BCUT2D eigenvalue weighted by atomic mass is 16.8. The lowest BCUT2D eigenvalue weighted by Gasteiger charge is -2.16. The summed E-state index contributed by atoms with van der Waals surface area (Å²) in [6.45, 7) is 3.59. The highest BCUT2D eigenvalue weighted by Gasteiger charge is 2.58. The lowest BCUT2D eigenvalue weighted by atomic mass is 10.2. The van der Waals surface area contributed by atoms with Gasteiger partial charge in [0.15, 0.2) is 6.29 Å². The van der Waals surface area contributed by atoms with Gasteiger partial charge < -0.3 is 18.9 Å². The Hall–Kier alpha value is -0.160. The van der Waals surface area contributed by atoms with Crippen LogP contribution in [0.5, 0.6) is 0 Å². The normalized spacial score (nSPS) is 39.9. The molecule has 2 heterocycles. The predicted molar refractivity (Wildman–Crippen MR) is 50.1 cm³/mol. The maximum Gasteiger partial charge on any atom is 0.186 e. The minimum Gasteiger partial charge on any atom is -0.379 e. The molecule has 0 aromatic carbocycles. The fraction of sp³-hybridized carbons (Fsp3) is 1.00. The molecule has 0 saturated carbocycles. The molecule has 0 bridgehead atoms. The molecule has 14 heavy (non-hydrogen) atoms. The van der Waals surface area contributed by atoms with Gasteiger partial charge in [-0.25, -0.2) is 0 Å². The molecule has 4 unspecified atom stereocenters. The van der Waals surface area contributed by atoms with E-state index >= 15 is 0 Å². The summed E-state index contributed by atoms with van der Waals surface area (Å²) in [7, 11) is 1.64. The summed E-state index contributed by atoms with van der Waals surface area (Å²) in [6.07, 6.45) is 2.52. The average Bonchev–Trinajstić information content (AvgIpc) is 2.92. The zero-order valence-corrected chi connectivity index (χ0v) is 8.77. The van der Waals surface area contributed by atoms with Crippen LogP contribution in [0.15, 0.2) is 0 Å². The molecule has 0 amide bonds. The number of methoxy groups -OCH3 is 1. The number of rotatable bonds is 6. The second kappa shape index (κ2) is 4.57. The Morgan fingerprint density at radius 3 is 2.71 bits per heavy atom. The van der Waals surface area contributed by atoms with Crippen LogP contribution >= 0.6 is 0 Å². The third kappa shape index (κ3) is 2.08. The molecular weight excluding hydrogens is 184 g/mol. The molecule has 2 fully saturated rings. The van der Waals surface area contributed by atoms with Crippen LogP contribution in [0.2, 0.25) is 0 Å². The zero-order valence-electron chi connectivity index (χ0n) is 8.77. The average molecular weight is 202 g/mol. The number of hydrogen-bond acceptors (Lipinski definition) is 4. The van der Waals surface area contributed by atoms with Gasteiger partial charge in [0.05, 0.1) is 6.61 Å². The molecule has 4 nitrogen and oxygen atoms in total. The summed E-state index contributed by atoms with van der Waals surface area (Å²) >= 11 is 0. The largest absolute Gasteiger partial charge is 0.379 e. The van der Waals surface area contributed by atoms with E-state index in [1.165, 1.54) is 0 Å². The van der Waals surface area contributed by atoms with Crippen molar-refractivity contribution in [3.63, 3.8) is 0 Å². The Labute approximate surface area is 84.5 Å². The van der Waals surface area contributed by atoms with E-state index < -0.39 is 0 Å². The molecule has 0 spiro atoms. The van der Waals surface area contributed by atoms with Gasteiger partial charge in [0, 0.05) is 13.7 Å². The van der Waals surface area contributed by atoms with Crippen LogP contribution in [-0.2, 0) is 18.9 Å². The number of hydrogen-bond donors (Lipinski definition) is 0. The summed E-state index contributed by atoms with van der Waals surface area (Å²) in [5.74, 6) is 0. The number of ether oxygens (including phenoxy) is 4. The fourth-order valence-corrected chi connectivity index (χ4v) is 1.75. The lowest BCUT2D eigenvalue weighted by molar-refractivity contribution is -0.170. The van der Waals surface area contributed by atoms with Crippen molar-refractivity contribution < 1.29 is 18.9 Å². The van der Waals surface area contributed by atoms with Crippen LogP contribution in [0.25, 0.3) is 0 Å². The molecule has 2 saturated heterocycles. The van der Waals surface area contributed by atoms with Gasteiger partial charge in [0.1, 0.15) is 18.3 Å². The minimum absolute atomic E-state index is 0.0711.